The van der Waals surface area contributed by atoms with Crippen LogP contribution in [0.5, 0.6) is 0 Å². The van der Waals surface area contributed by atoms with E-state index in [1.807, 2.05) is 30.3 Å². The second-order valence-corrected chi connectivity index (χ2v) is 4.63. The lowest BCUT2D eigenvalue weighted by atomic mass is 9.74. The Labute approximate surface area is 102 Å². The minimum Gasteiger partial charge on any atom is -0.395 e. The fraction of sp³-hybridized carbons (Fsp3) is 0.500. The lowest BCUT2D eigenvalue weighted by Crippen LogP contribution is -2.42. The number of rotatable bonds is 3. The van der Waals surface area contributed by atoms with Crippen LogP contribution in [0, 0.1) is 11.3 Å². The molecule has 0 aliphatic carbocycles. The SMILES string of the molecule is N#CC1(c2ccccc2)CCN(CCO)CC1. The van der Waals surface area contributed by atoms with Crippen molar-refractivity contribution in [3.05, 3.63) is 35.9 Å². The molecular formula is C14H18N2O. The molecule has 1 aromatic carbocycles. The highest BCUT2D eigenvalue weighted by Crippen LogP contribution is 2.34. The highest BCUT2D eigenvalue weighted by molar-refractivity contribution is 5.33. The fourth-order valence-corrected chi connectivity index (χ4v) is 2.52. The molecule has 1 aliphatic heterocycles. The normalized spacial score (nSPS) is 19.8. The third kappa shape index (κ3) is 2.49. The molecule has 0 bridgehead atoms. The van der Waals surface area contributed by atoms with Crippen LogP contribution in [0.1, 0.15) is 18.4 Å². The number of nitrogens with zero attached hydrogens (tertiary/aromatic N) is 2. The lowest BCUT2D eigenvalue weighted by molar-refractivity contribution is 0.149. The number of hydrogen-bond acceptors (Lipinski definition) is 3. The largest absolute Gasteiger partial charge is 0.395 e. The van der Waals surface area contributed by atoms with Crippen LogP contribution < -0.4 is 0 Å². The van der Waals surface area contributed by atoms with Gasteiger partial charge in [-0.1, -0.05) is 30.3 Å². The van der Waals surface area contributed by atoms with E-state index in [2.05, 4.69) is 11.0 Å². The first-order chi connectivity index (χ1) is 8.30. The van der Waals surface area contributed by atoms with Gasteiger partial charge in [-0.2, -0.15) is 5.26 Å². The van der Waals surface area contributed by atoms with Crippen LogP contribution in [-0.2, 0) is 5.41 Å². The number of benzene rings is 1. The smallest absolute Gasteiger partial charge is 0.0846 e. The van der Waals surface area contributed by atoms with Gasteiger partial charge in [0, 0.05) is 19.6 Å². The molecular weight excluding hydrogens is 212 g/mol. The molecule has 1 aromatic rings. The van der Waals surface area contributed by atoms with Crippen molar-refractivity contribution in [2.24, 2.45) is 0 Å². The molecule has 0 unspecified atom stereocenters. The predicted molar refractivity (Wildman–Crippen MR) is 66.5 cm³/mol. The summed E-state index contributed by atoms with van der Waals surface area (Å²) in [4.78, 5) is 2.22. The van der Waals surface area contributed by atoms with Crippen LogP contribution in [0.2, 0.25) is 0 Å². The maximum absolute atomic E-state index is 9.49. The summed E-state index contributed by atoms with van der Waals surface area (Å²) in [5.41, 5.74) is 0.805. The Balaban J connectivity index is 2.12. The highest BCUT2D eigenvalue weighted by atomic mass is 16.3. The van der Waals surface area contributed by atoms with Crippen molar-refractivity contribution < 1.29 is 5.11 Å². The van der Waals surface area contributed by atoms with E-state index in [9.17, 15) is 5.26 Å². The van der Waals surface area contributed by atoms with E-state index in [0.29, 0.717) is 0 Å². The molecule has 1 saturated heterocycles. The van der Waals surface area contributed by atoms with Crippen LogP contribution in [0.15, 0.2) is 30.3 Å². The number of hydrogen-bond donors (Lipinski definition) is 1. The highest BCUT2D eigenvalue weighted by Gasteiger charge is 2.35. The van der Waals surface area contributed by atoms with E-state index < -0.39 is 0 Å². The van der Waals surface area contributed by atoms with Gasteiger partial charge in [-0.25, -0.2) is 0 Å². The molecule has 2 rings (SSSR count). The van der Waals surface area contributed by atoms with Gasteiger partial charge in [0.05, 0.1) is 18.1 Å². The minimum atomic E-state index is -0.326. The summed E-state index contributed by atoms with van der Waals surface area (Å²) in [7, 11) is 0. The maximum atomic E-state index is 9.49. The Morgan fingerprint density at radius 2 is 1.88 bits per heavy atom. The molecule has 1 fully saturated rings. The number of aliphatic hydroxyl groups is 1. The molecule has 3 heteroatoms. The van der Waals surface area contributed by atoms with Crippen LogP contribution in [0.25, 0.3) is 0 Å². The molecule has 90 valence electrons. The van der Waals surface area contributed by atoms with Gasteiger partial charge in [-0.05, 0) is 18.4 Å². The summed E-state index contributed by atoms with van der Waals surface area (Å²) in [6.45, 7) is 2.70. The Bertz CT molecular complexity index is 388. The number of β-amino-alcohol motifs (C(OH)–C–C–N with tert-alkyl or cyclic N) is 1. The summed E-state index contributed by atoms with van der Waals surface area (Å²) in [5, 5.41) is 18.4. The number of likely N-dealkylation sites (tertiary alicyclic amines) is 1. The Hall–Kier alpha value is -1.37. The van der Waals surface area contributed by atoms with E-state index in [4.69, 9.17) is 5.11 Å². The van der Waals surface area contributed by atoms with E-state index in [1.165, 1.54) is 0 Å². The molecule has 0 amide bonds. The number of nitriles is 1. The summed E-state index contributed by atoms with van der Waals surface area (Å²) in [5.74, 6) is 0. The monoisotopic (exact) mass is 230 g/mol. The van der Waals surface area contributed by atoms with Crippen molar-refractivity contribution in [3.63, 3.8) is 0 Å². The van der Waals surface area contributed by atoms with Gasteiger partial charge in [0.1, 0.15) is 0 Å². The molecule has 1 aliphatic rings. The van der Waals surface area contributed by atoms with Gasteiger partial charge in [0.15, 0.2) is 0 Å². The lowest BCUT2D eigenvalue weighted by Gasteiger charge is -2.37. The average molecular weight is 230 g/mol. The first-order valence-electron chi connectivity index (χ1n) is 6.11. The van der Waals surface area contributed by atoms with Crippen LogP contribution in [0.4, 0.5) is 0 Å². The van der Waals surface area contributed by atoms with E-state index in [1.54, 1.807) is 0 Å². The molecule has 0 atom stereocenters. The van der Waals surface area contributed by atoms with Gasteiger partial charge < -0.3 is 10.0 Å². The van der Waals surface area contributed by atoms with E-state index >= 15 is 0 Å². The summed E-state index contributed by atoms with van der Waals surface area (Å²) in [6.07, 6.45) is 1.71. The molecule has 0 saturated carbocycles. The van der Waals surface area contributed by atoms with Crippen LogP contribution >= 0.6 is 0 Å². The second-order valence-electron chi connectivity index (χ2n) is 4.63. The Kier molecular flexibility index (Phi) is 3.78. The zero-order valence-corrected chi connectivity index (χ0v) is 9.97. The molecule has 17 heavy (non-hydrogen) atoms. The number of aliphatic hydroxyl groups excluding tert-OH is 1. The van der Waals surface area contributed by atoms with Crippen LogP contribution in [-0.4, -0.2) is 36.2 Å². The zero-order valence-electron chi connectivity index (χ0n) is 9.97. The molecule has 1 heterocycles. The number of piperidine rings is 1. The first kappa shape index (κ1) is 12.1. The Morgan fingerprint density at radius 3 is 2.41 bits per heavy atom. The van der Waals surface area contributed by atoms with Gasteiger partial charge in [-0.3, -0.25) is 0 Å². The van der Waals surface area contributed by atoms with E-state index in [-0.39, 0.29) is 12.0 Å². The zero-order chi connectivity index (χ0) is 12.1. The van der Waals surface area contributed by atoms with Crippen molar-refractivity contribution in [2.75, 3.05) is 26.2 Å². The summed E-state index contributed by atoms with van der Waals surface area (Å²) in [6, 6.07) is 12.6. The van der Waals surface area contributed by atoms with Gasteiger partial charge >= 0.3 is 0 Å². The third-order valence-electron chi connectivity index (χ3n) is 3.67. The molecule has 0 radical (unpaired) electrons. The summed E-state index contributed by atoms with van der Waals surface area (Å²) < 4.78 is 0. The van der Waals surface area contributed by atoms with Gasteiger partial charge in [0.25, 0.3) is 0 Å². The Morgan fingerprint density at radius 1 is 1.24 bits per heavy atom. The fourth-order valence-electron chi connectivity index (χ4n) is 2.52. The van der Waals surface area contributed by atoms with Gasteiger partial charge in [-0.15, -0.1) is 0 Å². The molecule has 0 spiro atoms. The summed E-state index contributed by atoms with van der Waals surface area (Å²) >= 11 is 0. The van der Waals surface area contributed by atoms with Crippen molar-refractivity contribution >= 4 is 0 Å². The molecule has 1 N–H and O–H groups in total. The van der Waals surface area contributed by atoms with Crippen LogP contribution in [0.3, 0.4) is 0 Å². The second kappa shape index (κ2) is 5.31. The van der Waals surface area contributed by atoms with Crippen molar-refractivity contribution in [3.8, 4) is 6.07 Å². The molecule has 3 nitrogen and oxygen atoms in total. The third-order valence-corrected chi connectivity index (χ3v) is 3.67. The standard InChI is InChI=1S/C14H18N2O/c15-12-14(13-4-2-1-3-5-13)6-8-16(9-7-14)10-11-17/h1-5,17H,6-11H2. The topological polar surface area (TPSA) is 47.3 Å². The maximum Gasteiger partial charge on any atom is 0.0846 e. The minimum absolute atomic E-state index is 0.199. The van der Waals surface area contributed by atoms with Crippen molar-refractivity contribution in [2.45, 2.75) is 18.3 Å². The van der Waals surface area contributed by atoms with Crippen molar-refractivity contribution in [1.82, 2.24) is 4.90 Å². The van der Waals surface area contributed by atoms with E-state index in [0.717, 1.165) is 38.0 Å². The van der Waals surface area contributed by atoms with Crippen molar-refractivity contribution in [1.29, 1.82) is 5.26 Å². The average Bonchev–Trinajstić information content (AvgIpc) is 2.41. The van der Waals surface area contributed by atoms with Gasteiger partial charge in [0.2, 0.25) is 0 Å². The predicted octanol–water partition coefficient (Wildman–Crippen LogP) is 1.54. The first-order valence-corrected chi connectivity index (χ1v) is 6.11. The quantitative estimate of drug-likeness (QED) is 0.856. The molecule has 0 aromatic heterocycles.